The summed E-state index contributed by atoms with van der Waals surface area (Å²) >= 11 is 5.77. The molecular formula is C26H22ClF3N4O. The Balaban J connectivity index is 1.58. The summed E-state index contributed by atoms with van der Waals surface area (Å²) in [4.78, 5) is 17.3. The van der Waals surface area contributed by atoms with E-state index in [0.29, 0.717) is 5.56 Å². The van der Waals surface area contributed by atoms with Crippen LogP contribution >= 0.6 is 11.6 Å². The molecule has 0 fully saturated rings. The molecule has 0 unspecified atom stereocenters. The second kappa shape index (κ2) is 10.3. The van der Waals surface area contributed by atoms with Gasteiger partial charge in [-0.05, 0) is 48.4 Å². The Kier molecular flexibility index (Phi) is 7.23. The molecule has 4 aromatic rings. The van der Waals surface area contributed by atoms with Gasteiger partial charge in [-0.2, -0.15) is 13.2 Å². The zero-order valence-electron chi connectivity index (χ0n) is 18.6. The van der Waals surface area contributed by atoms with Crippen molar-refractivity contribution in [3.63, 3.8) is 0 Å². The first-order chi connectivity index (χ1) is 16.7. The Morgan fingerprint density at radius 2 is 1.71 bits per heavy atom. The molecule has 9 heteroatoms. The maximum Gasteiger partial charge on any atom is 0.418 e. The second-order valence-electron chi connectivity index (χ2n) is 7.97. The average molecular weight is 499 g/mol. The molecule has 2 atom stereocenters. The van der Waals surface area contributed by atoms with Crippen molar-refractivity contribution < 1.29 is 18.0 Å². The number of amides is 1. The quantitative estimate of drug-likeness (QED) is 0.303. The molecular weight excluding hydrogens is 477 g/mol. The SMILES string of the molecule is C[C@@H](N[C@H](C(=O)Nc1ccc(Cl)cc1C(F)(F)F)c1ccccc1)c1ccc(-n2ccnc2)cc1. The number of carbonyl (C=O) groups excluding carboxylic acids is 1. The van der Waals surface area contributed by atoms with Crippen molar-refractivity contribution in [2.24, 2.45) is 0 Å². The van der Waals surface area contributed by atoms with Crippen LogP contribution in [0.5, 0.6) is 0 Å². The van der Waals surface area contributed by atoms with E-state index in [1.807, 2.05) is 42.0 Å². The van der Waals surface area contributed by atoms with Gasteiger partial charge in [0.05, 0.1) is 17.6 Å². The molecule has 0 saturated heterocycles. The summed E-state index contributed by atoms with van der Waals surface area (Å²) in [5.74, 6) is -0.620. The molecule has 3 aromatic carbocycles. The summed E-state index contributed by atoms with van der Waals surface area (Å²) in [5, 5.41) is 5.62. The molecule has 0 aliphatic rings. The van der Waals surface area contributed by atoms with Crippen molar-refractivity contribution in [2.75, 3.05) is 5.32 Å². The fraction of sp³-hybridized carbons (Fsp3) is 0.154. The van der Waals surface area contributed by atoms with Crippen molar-refractivity contribution in [3.05, 3.63) is 113 Å². The van der Waals surface area contributed by atoms with E-state index in [1.54, 1.807) is 42.9 Å². The van der Waals surface area contributed by atoms with Gasteiger partial charge >= 0.3 is 6.18 Å². The van der Waals surface area contributed by atoms with Crippen molar-refractivity contribution in [1.29, 1.82) is 0 Å². The van der Waals surface area contributed by atoms with Gasteiger partial charge in [-0.1, -0.05) is 54.1 Å². The first-order valence-electron chi connectivity index (χ1n) is 10.8. The summed E-state index contributed by atoms with van der Waals surface area (Å²) in [6.07, 6.45) is 0.538. The van der Waals surface area contributed by atoms with E-state index in [2.05, 4.69) is 15.6 Å². The van der Waals surface area contributed by atoms with Crippen molar-refractivity contribution in [1.82, 2.24) is 14.9 Å². The number of carbonyl (C=O) groups is 1. The Bertz CT molecular complexity index is 1280. The van der Waals surface area contributed by atoms with Crippen LogP contribution in [0.1, 0.15) is 35.7 Å². The van der Waals surface area contributed by atoms with Crippen molar-refractivity contribution in [3.8, 4) is 5.69 Å². The third kappa shape index (κ3) is 5.90. The number of anilines is 1. The maximum absolute atomic E-state index is 13.5. The monoisotopic (exact) mass is 498 g/mol. The highest BCUT2D eigenvalue weighted by molar-refractivity contribution is 6.30. The Hall–Kier alpha value is -3.62. The minimum absolute atomic E-state index is 0.0687. The molecule has 1 heterocycles. The molecule has 0 aliphatic carbocycles. The largest absolute Gasteiger partial charge is 0.418 e. The van der Waals surface area contributed by atoms with Gasteiger partial charge in [0.1, 0.15) is 6.04 Å². The number of benzene rings is 3. The van der Waals surface area contributed by atoms with Crippen LogP contribution < -0.4 is 10.6 Å². The number of hydrogen-bond acceptors (Lipinski definition) is 3. The molecule has 0 bridgehead atoms. The molecule has 0 radical (unpaired) electrons. The minimum atomic E-state index is -4.67. The van der Waals surface area contributed by atoms with E-state index in [-0.39, 0.29) is 16.8 Å². The highest BCUT2D eigenvalue weighted by atomic mass is 35.5. The van der Waals surface area contributed by atoms with Crippen molar-refractivity contribution in [2.45, 2.75) is 25.2 Å². The predicted molar refractivity (Wildman–Crippen MR) is 129 cm³/mol. The van der Waals surface area contributed by atoms with Gasteiger partial charge in [0.25, 0.3) is 0 Å². The number of nitrogens with zero attached hydrogens (tertiary/aromatic N) is 2. The van der Waals surface area contributed by atoms with Gasteiger partial charge < -0.3 is 9.88 Å². The van der Waals surface area contributed by atoms with E-state index in [9.17, 15) is 18.0 Å². The fourth-order valence-corrected chi connectivity index (χ4v) is 3.90. The molecule has 1 aromatic heterocycles. The molecule has 1 amide bonds. The van der Waals surface area contributed by atoms with Crippen LogP contribution in [-0.4, -0.2) is 15.5 Å². The Morgan fingerprint density at radius 3 is 2.34 bits per heavy atom. The standard InChI is InChI=1S/C26H22ClF3N4O/c1-17(18-7-10-21(11-8-18)34-14-13-31-16-34)32-24(19-5-3-2-4-6-19)25(35)33-23-12-9-20(27)15-22(23)26(28,29)30/h2-17,24,32H,1H3,(H,33,35)/t17-,24+/m1/s1. The van der Waals surface area contributed by atoms with Crippen LogP contribution in [0.25, 0.3) is 5.69 Å². The summed E-state index contributed by atoms with van der Waals surface area (Å²) in [5.41, 5.74) is 1.10. The summed E-state index contributed by atoms with van der Waals surface area (Å²) < 4.78 is 42.5. The summed E-state index contributed by atoms with van der Waals surface area (Å²) in [6, 6.07) is 18.6. The zero-order chi connectivity index (χ0) is 25.0. The smallest absolute Gasteiger partial charge is 0.324 e. The number of rotatable bonds is 7. The number of nitrogens with one attached hydrogen (secondary N) is 2. The normalized spacial score (nSPS) is 13.3. The number of imidazole rings is 1. The lowest BCUT2D eigenvalue weighted by molar-refractivity contribution is -0.137. The lowest BCUT2D eigenvalue weighted by atomic mass is 10.0. The van der Waals surface area contributed by atoms with Gasteiger partial charge in [0.2, 0.25) is 5.91 Å². The molecule has 0 spiro atoms. The topological polar surface area (TPSA) is 59.0 Å². The van der Waals surface area contributed by atoms with E-state index in [4.69, 9.17) is 11.6 Å². The molecule has 4 rings (SSSR count). The van der Waals surface area contributed by atoms with Crippen molar-refractivity contribution >= 4 is 23.2 Å². The third-order valence-corrected chi connectivity index (χ3v) is 5.79. The number of aromatic nitrogens is 2. The lowest BCUT2D eigenvalue weighted by Gasteiger charge is -2.24. The Morgan fingerprint density at radius 1 is 1.00 bits per heavy atom. The average Bonchev–Trinajstić information content (AvgIpc) is 3.38. The molecule has 0 aliphatic heterocycles. The first kappa shape index (κ1) is 24.5. The molecule has 0 saturated carbocycles. The van der Waals surface area contributed by atoms with Gasteiger partial charge in [0.15, 0.2) is 0 Å². The molecule has 35 heavy (non-hydrogen) atoms. The predicted octanol–water partition coefficient (Wildman–Crippen LogP) is 6.58. The van der Waals surface area contributed by atoms with Crippen LogP contribution in [0.4, 0.5) is 18.9 Å². The van der Waals surface area contributed by atoms with Gasteiger partial charge in [-0.3, -0.25) is 10.1 Å². The van der Waals surface area contributed by atoms with E-state index >= 15 is 0 Å². The number of alkyl halides is 3. The molecule has 180 valence electrons. The van der Waals surface area contributed by atoms with Gasteiger partial charge in [0, 0.05) is 29.1 Å². The highest BCUT2D eigenvalue weighted by Gasteiger charge is 2.35. The Labute approximate surface area is 205 Å². The van der Waals surface area contributed by atoms with Gasteiger partial charge in [-0.25, -0.2) is 4.98 Å². The highest BCUT2D eigenvalue weighted by Crippen LogP contribution is 2.37. The van der Waals surface area contributed by atoms with Crippen LogP contribution in [0, 0.1) is 0 Å². The van der Waals surface area contributed by atoms with Crippen LogP contribution in [0.2, 0.25) is 5.02 Å². The van der Waals surface area contributed by atoms with Crippen LogP contribution in [0.15, 0.2) is 91.5 Å². The summed E-state index contributed by atoms with van der Waals surface area (Å²) in [6.45, 7) is 1.89. The fourth-order valence-electron chi connectivity index (χ4n) is 3.73. The number of hydrogen-bond donors (Lipinski definition) is 2. The second-order valence-corrected chi connectivity index (χ2v) is 8.41. The van der Waals surface area contributed by atoms with E-state index in [1.165, 1.54) is 6.07 Å². The van der Waals surface area contributed by atoms with Crippen LogP contribution in [-0.2, 0) is 11.0 Å². The maximum atomic E-state index is 13.5. The third-order valence-electron chi connectivity index (χ3n) is 5.55. The molecule has 2 N–H and O–H groups in total. The van der Waals surface area contributed by atoms with E-state index < -0.39 is 23.7 Å². The minimum Gasteiger partial charge on any atom is -0.324 e. The van der Waals surface area contributed by atoms with Crippen LogP contribution in [0.3, 0.4) is 0 Å². The van der Waals surface area contributed by atoms with Gasteiger partial charge in [-0.15, -0.1) is 0 Å². The first-order valence-corrected chi connectivity index (χ1v) is 11.2. The zero-order valence-corrected chi connectivity index (χ0v) is 19.4. The van der Waals surface area contributed by atoms with E-state index in [0.717, 1.165) is 23.4 Å². The summed E-state index contributed by atoms with van der Waals surface area (Å²) in [7, 11) is 0. The lowest BCUT2D eigenvalue weighted by Crippen LogP contribution is -2.35. The molecule has 5 nitrogen and oxygen atoms in total. The number of halogens is 4.